The Morgan fingerprint density at radius 2 is 1.40 bits per heavy atom. The van der Waals surface area contributed by atoms with Crippen molar-refractivity contribution in [3.63, 3.8) is 0 Å². The molecule has 0 fully saturated rings. The third-order valence-corrected chi connectivity index (χ3v) is 6.76. The van der Waals surface area contributed by atoms with Crippen LogP contribution in [-0.2, 0) is 22.5 Å². The van der Waals surface area contributed by atoms with E-state index in [4.69, 9.17) is 9.47 Å². The second-order valence-electron chi connectivity index (χ2n) is 10.3. The van der Waals surface area contributed by atoms with Gasteiger partial charge in [0.25, 0.3) is 0 Å². The van der Waals surface area contributed by atoms with Crippen molar-refractivity contribution in [3.05, 3.63) is 65.7 Å². The van der Waals surface area contributed by atoms with Crippen molar-refractivity contribution in [2.75, 3.05) is 14.1 Å². The second kappa shape index (κ2) is 15.6. The van der Waals surface area contributed by atoms with E-state index in [1.165, 1.54) is 62.5 Å². The van der Waals surface area contributed by atoms with Gasteiger partial charge in [-0.05, 0) is 30.5 Å². The SMILES string of the molecule is CCCCCCCCCCc1ccc(OC(C)OC(=O)C(CC)[N+](C)(C)Cc2ccccc2)cc1. The molecular weight excluding hydrogens is 434 g/mol. The number of carbonyl (C=O) groups excluding carboxylic acids is 1. The highest BCUT2D eigenvalue weighted by Crippen LogP contribution is 2.20. The molecule has 0 spiro atoms. The summed E-state index contributed by atoms with van der Waals surface area (Å²) in [4.78, 5) is 13.0. The van der Waals surface area contributed by atoms with Crippen LogP contribution in [0.3, 0.4) is 0 Å². The van der Waals surface area contributed by atoms with Crippen LogP contribution >= 0.6 is 0 Å². The maximum absolute atomic E-state index is 13.0. The molecule has 2 atom stereocenters. The Kier molecular flexibility index (Phi) is 12.9. The van der Waals surface area contributed by atoms with Gasteiger partial charge in [-0.3, -0.25) is 0 Å². The van der Waals surface area contributed by atoms with Gasteiger partial charge in [-0.2, -0.15) is 0 Å². The minimum Gasteiger partial charge on any atom is -0.455 e. The fourth-order valence-electron chi connectivity index (χ4n) is 4.77. The molecule has 2 unspecified atom stereocenters. The van der Waals surface area contributed by atoms with Crippen molar-refractivity contribution in [2.45, 2.75) is 104 Å². The van der Waals surface area contributed by atoms with E-state index in [0.717, 1.165) is 18.7 Å². The van der Waals surface area contributed by atoms with Crippen LogP contribution in [0.4, 0.5) is 0 Å². The first kappa shape index (κ1) is 28.9. The van der Waals surface area contributed by atoms with E-state index in [9.17, 15) is 4.79 Å². The number of ether oxygens (including phenoxy) is 2. The van der Waals surface area contributed by atoms with Gasteiger partial charge in [-0.15, -0.1) is 0 Å². The predicted molar refractivity (Wildman–Crippen MR) is 145 cm³/mol. The monoisotopic (exact) mass is 482 g/mol. The van der Waals surface area contributed by atoms with Crippen molar-refractivity contribution in [1.29, 1.82) is 0 Å². The number of unbranched alkanes of at least 4 members (excludes halogenated alkanes) is 7. The lowest BCUT2D eigenvalue weighted by atomic mass is 10.0. The lowest BCUT2D eigenvalue weighted by molar-refractivity contribution is -0.919. The molecule has 0 aliphatic rings. The quantitative estimate of drug-likeness (QED) is 0.100. The smallest absolute Gasteiger partial charge is 0.368 e. The predicted octanol–water partition coefficient (Wildman–Crippen LogP) is 7.69. The van der Waals surface area contributed by atoms with Gasteiger partial charge in [0.1, 0.15) is 12.3 Å². The van der Waals surface area contributed by atoms with E-state index >= 15 is 0 Å². The van der Waals surface area contributed by atoms with Crippen molar-refractivity contribution in [1.82, 2.24) is 0 Å². The molecule has 0 aromatic heterocycles. The zero-order chi connectivity index (χ0) is 25.5. The number of hydrogen-bond acceptors (Lipinski definition) is 3. The Morgan fingerprint density at radius 1 is 0.800 bits per heavy atom. The van der Waals surface area contributed by atoms with Gasteiger partial charge < -0.3 is 14.0 Å². The lowest BCUT2D eigenvalue weighted by Crippen LogP contribution is -2.53. The molecule has 4 nitrogen and oxygen atoms in total. The molecule has 0 aliphatic carbocycles. The molecule has 2 aromatic rings. The van der Waals surface area contributed by atoms with Crippen LogP contribution in [0.5, 0.6) is 5.75 Å². The third kappa shape index (κ3) is 10.9. The Balaban J connectivity index is 1.76. The highest BCUT2D eigenvalue weighted by atomic mass is 16.7. The first-order chi connectivity index (χ1) is 16.9. The highest BCUT2D eigenvalue weighted by molar-refractivity contribution is 5.74. The number of nitrogens with zero attached hydrogens (tertiary/aromatic N) is 1. The van der Waals surface area contributed by atoms with Crippen LogP contribution in [-0.4, -0.2) is 36.9 Å². The number of likely N-dealkylation sites (N-methyl/N-ethyl adjacent to an activating group) is 1. The first-order valence-corrected chi connectivity index (χ1v) is 13.7. The Morgan fingerprint density at radius 3 is 2.00 bits per heavy atom. The Labute approximate surface area is 214 Å². The van der Waals surface area contributed by atoms with Crippen LogP contribution in [0, 0.1) is 0 Å². The number of quaternary nitrogens is 1. The zero-order valence-electron chi connectivity index (χ0n) is 22.8. The van der Waals surface area contributed by atoms with Crippen molar-refractivity contribution in [3.8, 4) is 5.75 Å². The summed E-state index contributed by atoms with van der Waals surface area (Å²) in [6.45, 7) is 6.85. The molecule has 0 saturated carbocycles. The second-order valence-corrected chi connectivity index (χ2v) is 10.3. The summed E-state index contributed by atoms with van der Waals surface area (Å²) in [5.41, 5.74) is 2.54. The first-order valence-electron chi connectivity index (χ1n) is 13.7. The van der Waals surface area contributed by atoms with Crippen molar-refractivity contribution in [2.24, 2.45) is 0 Å². The molecule has 2 rings (SSSR count). The van der Waals surface area contributed by atoms with Gasteiger partial charge in [0.2, 0.25) is 6.29 Å². The average molecular weight is 483 g/mol. The minimum atomic E-state index is -0.633. The van der Waals surface area contributed by atoms with Gasteiger partial charge in [0.15, 0.2) is 6.04 Å². The van der Waals surface area contributed by atoms with Gasteiger partial charge in [-0.25, -0.2) is 4.79 Å². The number of carbonyl (C=O) groups is 1. The molecule has 0 aliphatic heterocycles. The van der Waals surface area contributed by atoms with E-state index in [2.05, 4.69) is 45.3 Å². The molecule has 35 heavy (non-hydrogen) atoms. The third-order valence-electron chi connectivity index (χ3n) is 6.76. The summed E-state index contributed by atoms with van der Waals surface area (Å²) in [5, 5.41) is 0. The van der Waals surface area contributed by atoms with Crippen molar-refractivity contribution >= 4 is 5.97 Å². The van der Waals surface area contributed by atoms with Gasteiger partial charge in [-0.1, -0.05) is 101 Å². The molecule has 2 aromatic carbocycles. The van der Waals surface area contributed by atoms with Gasteiger partial charge >= 0.3 is 5.97 Å². The summed E-state index contributed by atoms with van der Waals surface area (Å²) in [6.07, 6.45) is 11.9. The van der Waals surface area contributed by atoms with Crippen LogP contribution in [0.1, 0.15) is 89.7 Å². The van der Waals surface area contributed by atoms with Crippen LogP contribution in [0.25, 0.3) is 0 Å². The molecule has 0 N–H and O–H groups in total. The maximum Gasteiger partial charge on any atom is 0.368 e. The van der Waals surface area contributed by atoms with Crippen LogP contribution in [0.15, 0.2) is 54.6 Å². The molecule has 0 amide bonds. The minimum absolute atomic E-state index is 0.216. The molecule has 4 heteroatoms. The molecule has 0 radical (unpaired) electrons. The van der Waals surface area contributed by atoms with E-state index in [0.29, 0.717) is 10.9 Å². The largest absolute Gasteiger partial charge is 0.455 e. The summed E-state index contributed by atoms with van der Waals surface area (Å²) in [6, 6.07) is 18.2. The van der Waals surface area contributed by atoms with Crippen LogP contribution < -0.4 is 4.74 Å². The average Bonchev–Trinajstić information content (AvgIpc) is 2.82. The number of esters is 1. The van der Waals surface area contributed by atoms with Crippen LogP contribution in [0.2, 0.25) is 0 Å². The van der Waals surface area contributed by atoms with Crippen molar-refractivity contribution < 1.29 is 18.8 Å². The molecular formula is C31H48NO3+. The van der Waals surface area contributed by atoms with E-state index in [-0.39, 0.29) is 12.0 Å². The fraction of sp³-hybridized carbons (Fsp3) is 0.581. The molecule has 0 saturated heterocycles. The molecule has 0 bridgehead atoms. The lowest BCUT2D eigenvalue weighted by Gasteiger charge is -2.36. The number of rotatable bonds is 17. The van der Waals surface area contributed by atoms with E-state index < -0.39 is 6.29 Å². The highest BCUT2D eigenvalue weighted by Gasteiger charge is 2.36. The fourth-order valence-corrected chi connectivity index (χ4v) is 4.77. The Hall–Kier alpha value is -2.33. The molecule has 194 valence electrons. The van der Waals surface area contributed by atoms with E-state index in [1.807, 2.05) is 37.3 Å². The normalized spacial score (nSPS) is 13.3. The van der Waals surface area contributed by atoms with E-state index in [1.54, 1.807) is 6.92 Å². The maximum atomic E-state index is 13.0. The topological polar surface area (TPSA) is 35.5 Å². The van der Waals surface area contributed by atoms with Gasteiger partial charge in [0, 0.05) is 18.9 Å². The van der Waals surface area contributed by atoms with Gasteiger partial charge in [0.05, 0.1) is 14.1 Å². The summed E-state index contributed by atoms with van der Waals surface area (Å²) < 4.78 is 12.2. The summed E-state index contributed by atoms with van der Waals surface area (Å²) in [5.74, 6) is 0.517. The number of hydrogen-bond donors (Lipinski definition) is 0. The summed E-state index contributed by atoms with van der Waals surface area (Å²) in [7, 11) is 4.16. The summed E-state index contributed by atoms with van der Waals surface area (Å²) >= 11 is 0. The Bertz CT molecular complexity index is 832. The zero-order valence-corrected chi connectivity index (χ0v) is 22.8. The standard InChI is InChI=1S/C31H48NO3/c1-6-8-9-10-11-12-13-15-18-27-21-23-29(24-22-27)34-26(3)35-31(33)30(7-2)32(4,5)25-28-19-16-14-17-20-28/h14,16-17,19-24,26,30H,6-13,15,18,25H2,1-5H3/q+1. The number of aryl methyl sites for hydroxylation is 1. The molecule has 0 heterocycles. The number of benzene rings is 2.